The number of amides is 1. The Labute approximate surface area is 121 Å². The highest BCUT2D eigenvalue weighted by Crippen LogP contribution is 2.26. The number of fused-ring (bicyclic) bond motifs is 1. The Morgan fingerprint density at radius 3 is 2.95 bits per heavy atom. The number of phenols is 1. The SMILES string of the molecule is O=C(Nc1ccc2c(c1)CCCN2)c1c(O)cccc1F. The van der Waals surface area contributed by atoms with Gasteiger partial charge in [-0.05, 0) is 48.7 Å². The average molecular weight is 286 g/mol. The zero-order valence-corrected chi connectivity index (χ0v) is 11.3. The van der Waals surface area contributed by atoms with Crippen molar-refractivity contribution in [1.29, 1.82) is 0 Å². The van der Waals surface area contributed by atoms with Crippen molar-refractivity contribution in [3.63, 3.8) is 0 Å². The molecule has 0 atom stereocenters. The van der Waals surface area contributed by atoms with Gasteiger partial charge in [0.1, 0.15) is 17.1 Å². The van der Waals surface area contributed by atoms with E-state index in [1.54, 1.807) is 6.07 Å². The Balaban J connectivity index is 1.85. The van der Waals surface area contributed by atoms with E-state index in [0.29, 0.717) is 5.69 Å². The van der Waals surface area contributed by atoms with Gasteiger partial charge in [0.05, 0.1) is 0 Å². The molecule has 0 spiro atoms. The molecule has 1 amide bonds. The van der Waals surface area contributed by atoms with Crippen LogP contribution in [-0.4, -0.2) is 17.6 Å². The number of hydrogen-bond donors (Lipinski definition) is 3. The first kappa shape index (κ1) is 13.4. The van der Waals surface area contributed by atoms with Crippen LogP contribution in [0.5, 0.6) is 5.75 Å². The molecule has 5 heteroatoms. The minimum absolute atomic E-state index is 0.339. The van der Waals surface area contributed by atoms with Crippen molar-refractivity contribution in [2.75, 3.05) is 17.2 Å². The molecule has 2 aromatic rings. The first-order chi connectivity index (χ1) is 10.1. The summed E-state index contributed by atoms with van der Waals surface area (Å²) in [7, 11) is 0. The molecule has 0 saturated heterocycles. The summed E-state index contributed by atoms with van der Waals surface area (Å²) in [5, 5.41) is 15.5. The molecule has 1 heterocycles. The van der Waals surface area contributed by atoms with Gasteiger partial charge >= 0.3 is 0 Å². The Morgan fingerprint density at radius 1 is 1.29 bits per heavy atom. The molecule has 0 bridgehead atoms. The molecule has 108 valence electrons. The summed E-state index contributed by atoms with van der Waals surface area (Å²) in [6, 6.07) is 9.31. The topological polar surface area (TPSA) is 61.4 Å². The molecule has 0 saturated carbocycles. The first-order valence-electron chi connectivity index (χ1n) is 6.81. The molecule has 0 aromatic heterocycles. The van der Waals surface area contributed by atoms with Gasteiger partial charge < -0.3 is 15.7 Å². The van der Waals surface area contributed by atoms with Gasteiger partial charge in [-0.3, -0.25) is 4.79 Å². The smallest absolute Gasteiger partial charge is 0.262 e. The Kier molecular flexibility index (Phi) is 3.48. The molecule has 0 aliphatic carbocycles. The van der Waals surface area contributed by atoms with Crippen LogP contribution in [0.3, 0.4) is 0 Å². The second-order valence-electron chi connectivity index (χ2n) is 4.99. The highest BCUT2D eigenvalue weighted by atomic mass is 19.1. The number of carbonyl (C=O) groups excluding carboxylic acids is 1. The van der Waals surface area contributed by atoms with Crippen molar-refractivity contribution in [3.8, 4) is 5.75 Å². The van der Waals surface area contributed by atoms with E-state index in [1.807, 2.05) is 12.1 Å². The second kappa shape index (κ2) is 5.44. The lowest BCUT2D eigenvalue weighted by Crippen LogP contribution is -2.16. The van der Waals surface area contributed by atoms with Crippen molar-refractivity contribution in [3.05, 3.63) is 53.3 Å². The molecule has 0 unspecified atom stereocenters. The highest BCUT2D eigenvalue weighted by Gasteiger charge is 2.17. The molecular weight excluding hydrogens is 271 g/mol. The van der Waals surface area contributed by atoms with Gasteiger partial charge in [-0.2, -0.15) is 0 Å². The van der Waals surface area contributed by atoms with Crippen LogP contribution in [0.1, 0.15) is 22.3 Å². The van der Waals surface area contributed by atoms with Gasteiger partial charge in [0.2, 0.25) is 0 Å². The standard InChI is InChI=1S/C16H15FN2O2/c17-12-4-1-5-14(20)15(12)16(21)19-11-6-7-13-10(9-11)3-2-8-18-13/h1,4-7,9,18,20H,2-3,8H2,(H,19,21). The average Bonchev–Trinajstić information content (AvgIpc) is 2.47. The van der Waals surface area contributed by atoms with E-state index in [2.05, 4.69) is 10.6 Å². The van der Waals surface area contributed by atoms with E-state index in [9.17, 15) is 14.3 Å². The minimum Gasteiger partial charge on any atom is -0.507 e. The van der Waals surface area contributed by atoms with E-state index >= 15 is 0 Å². The number of hydrogen-bond acceptors (Lipinski definition) is 3. The van der Waals surface area contributed by atoms with Gasteiger partial charge in [-0.15, -0.1) is 0 Å². The van der Waals surface area contributed by atoms with Crippen molar-refractivity contribution in [2.45, 2.75) is 12.8 Å². The van der Waals surface area contributed by atoms with Crippen molar-refractivity contribution in [1.82, 2.24) is 0 Å². The van der Waals surface area contributed by atoms with Crippen LogP contribution in [0.4, 0.5) is 15.8 Å². The summed E-state index contributed by atoms with van der Waals surface area (Å²) in [6.45, 7) is 0.946. The van der Waals surface area contributed by atoms with Gasteiger partial charge in [0, 0.05) is 17.9 Å². The monoisotopic (exact) mass is 286 g/mol. The Bertz CT molecular complexity index is 680. The zero-order chi connectivity index (χ0) is 14.8. The number of nitrogens with one attached hydrogen (secondary N) is 2. The Hall–Kier alpha value is -2.56. The predicted octanol–water partition coefficient (Wildman–Crippen LogP) is 3.14. The number of rotatable bonds is 2. The quantitative estimate of drug-likeness (QED) is 0.794. The number of carbonyl (C=O) groups is 1. The van der Waals surface area contributed by atoms with E-state index in [4.69, 9.17) is 0 Å². The summed E-state index contributed by atoms with van der Waals surface area (Å²) >= 11 is 0. The summed E-state index contributed by atoms with van der Waals surface area (Å²) in [6.07, 6.45) is 1.98. The fourth-order valence-corrected chi connectivity index (χ4v) is 2.48. The molecule has 3 rings (SSSR count). The molecule has 3 N–H and O–H groups in total. The fourth-order valence-electron chi connectivity index (χ4n) is 2.48. The van der Waals surface area contributed by atoms with Gasteiger partial charge in [-0.1, -0.05) is 6.07 Å². The van der Waals surface area contributed by atoms with Crippen LogP contribution in [0, 0.1) is 5.82 Å². The highest BCUT2D eigenvalue weighted by molar-refractivity contribution is 6.06. The number of anilines is 2. The number of phenolic OH excluding ortho intramolecular Hbond substituents is 1. The van der Waals surface area contributed by atoms with Crippen LogP contribution in [0.25, 0.3) is 0 Å². The first-order valence-corrected chi connectivity index (χ1v) is 6.81. The normalized spacial score (nSPS) is 13.2. The maximum Gasteiger partial charge on any atom is 0.262 e. The van der Waals surface area contributed by atoms with Crippen LogP contribution >= 0.6 is 0 Å². The summed E-state index contributed by atoms with van der Waals surface area (Å²) in [5.74, 6) is -1.77. The third kappa shape index (κ3) is 2.67. The summed E-state index contributed by atoms with van der Waals surface area (Å²) < 4.78 is 13.6. The zero-order valence-electron chi connectivity index (χ0n) is 11.3. The van der Waals surface area contributed by atoms with E-state index in [-0.39, 0.29) is 11.3 Å². The maximum absolute atomic E-state index is 13.6. The third-order valence-electron chi connectivity index (χ3n) is 3.52. The van der Waals surface area contributed by atoms with Crippen LogP contribution in [0.15, 0.2) is 36.4 Å². The lowest BCUT2D eigenvalue weighted by atomic mass is 10.0. The number of aromatic hydroxyl groups is 1. The molecular formula is C16H15FN2O2. The molecule has 21 heavy (non-hydrogen) atoms. The molecule has 2 aromatic carbocycles. The van der Waals surface area contributed by atoms with Crippen LogP contribution < -0.4 is 10.6 Å². The van der Waals surface area contributed by atoms with Gasteiger partial charge in [-0.25, -0.2) is 4.39 Å². The third-order valence-corrected chi connectivity index (χ3v) is 3.52. The molecule has 0 fully saturated rings. The van der Waals surface area contributed by atoms with Crippen LogP contribution in [0.2, 0.25) is 0 Å². The molecule has 1 aliphatic rings. The number of halogens is 1. The van der Waals surface area contributed by atoms with E-state index in [1.165, 1.54) is 12.1 Å². The van der Waals surface area contributed by atoms with Crippen LogP contribution in [-0.2, 0) is 6.42 Å². The Morgan fingerprint density at radius 2 is 2.14 bits per heavy atom. The molecule has 1 aliphatic heterocycles. The van der Waals surface area contributed by atoms with E-state index < -0.39 is 11.7 Å². The number of benzene rings is 2. The lowest BCUT2D eigenvalue weighted by Gasteiger charge is -2.19. The predicted molar refractivity (Wildman–Crippen MR) is 79.3 cm³/mol. The summed E-state index contributed by atoms with van der Waals surface area (Å²) in [4.78, 5) is 12.1. The minimum atomic E-state index is -0.743. The largest absolute Gasteiger partial charge is 0.507 e. The lowest BCUT2D eigenvalue weighted by molar-refractivity contribution is 0.102. The van der Waals surface area contributed by atoms with Gasteiger partial charge in [0.25, 0.3) is 5.91 Å². The van der Waals surface area contributed by atoms with Crippen molar-refractivity contribution in [2.24, 2.45) is 0 Å². The fraction of sp³-hybridized carbons (Fsp3) is 0.188. The second-order valence-corrected chi connectivity index (χ2v) is 4.99. The van der Waals surface area contributed by atoms with Crippen molar-refractivity contribution < 1.29 is 14.3 Å². The van der Waals surface area contributed by atoms with E-state index in [0.717, 1.165) is 36.7 Å². The maximum atomic E-state index is 13.6. The summed E-state index contributed by atoms with van der Waals surface area (Å²) in [5.41, 5.74) is 2.43. The molecule has 0 radical (unpaired) electrons. The van der Waals surface area contributed by atoms with Crippen molar-refractivity contribution >= 4 is 17.3 Å². The van der Waals surface area contributed by atoms with Gasteiger partial charge in [0.15, 0.2) is 0 Å². The number of aryl methyl sites for hydroxylation is 1. The molecule has 4 nitrogen and oxygen atoms in total.